The average Bonchev–Trinajstić information content (AvgIpc) is 2.49. The van der Waals surface area contributed by atoms with Crippen LogP contribution in [0.2, 0.25) is 0 Å². The fourth-order valence-corrected chi connectivity index (χ4v) is 2.41. The van der Waals surface area contributed by atoms with Gasteiger partial charge in [-0.1, -0.05) is 0 Å². The maximum atomic E-state index is 11.9. The highest BCUT2D eigenvalue weighted by Gasteiger charge is 2.36. The van der Waals surface area contributed by atoms with Gasteiger partial charge in [0, 0.05) is 13.1 Å². The van der Waals surface area contributed by atoms with Crippen LogP contribution in [0, 0.1) is 13.8 Å². The van der Waals surface area contributed by atoms with Gasteiger partial charge in [0.25, 0.3) is 0 Å². The highest BCUT2D eigenvalue weighted by atomic mass is 16.6. The first kappa shape index (κ1) is 15.3. The van der Waals surface area contributed by atoms with Crippen LogP contribution in [0.5, 0.6) is 0 Å². The van der Waals surface area contributed by atoms with Gasteiger partial charge in [-0.05, 0) is 34.6 Å². The summed E-state index contributed by atoms with van der Waals surface area (Å²) in [5, 5.41) is 13.4. The van der Waals surface area contributed by atoms with E-state index in [-0.39, 0.29) is 17.7 Å². The third kappa shape index (κ3) is 3.01. The van der Waals surface area contributed by atoms with Crippen molar-refractivity contribution in [2.24, 2.45) is 0 Å². The largest absolute Gasteiger partial charge is 0.478 e. The van der Waals surface area contributed by atoms with Crippen molar-refractivity contribution >= 4 is 12.1 Å². The summed E-state index contributed by atoms with van der Waals surface area (Å²) >= 11 is 0. The molecule has 7 heteroatoms. The Kier molecular flexibility index (Phi) is 3.69. The fourth-order valence-electron chi connectivity index (χ4n) is 2.41. The zero-order chi connectivity index (χ0) is 15.9. The number of carboxylic acids is 1. The number of carbonyl (C=O) groups excluding carboxylic acids is 1. The second-order valence-electron chi connectivity index (χ2n) is 6.33. The molecule has 1 fully saturated rings. The van der Waals surface area contributed by atoms with E-state index in [1.165, 1.54) is 0 Å². The zero-order valence-corrected chi connectivity index (χ0v) is 13.0. The molecule has 0 aromatic carbocycles. The quantitative estimate of drug-likeness (QED) is 0.902. The minimum atomic E-state index is -0.973. The van der Waals surface area contributed by atoms with Gasteiger partial charge in [-0.15, -0.1) is 0 Å². The van der Waals surface area contributed by atoms with Crippen molar-refractivity contribution in [2.75, 3.05) is 13.1 Å². The SMILES string of the molecule is Cc1nn(C2CN(C(=O)OC(C)(C)C)C2)c(C)c1C(=O)O. The number of amides is 1. The van der Waals surface area contributed by atoms with E-state index in [1.54, 1.807) is 23.4 Å². The lowest BCUT2D eigenvalue weighted by atomic mass is 10.1. The van der Waals surface area contributed by atoms with E-state index >= 15 is 0 Å². The van der Waals surface area contributed by atoms with Gasteiger partial charge in [-0.2, -0.15) is 5.10 Å². The number of carboxylic acid groups (broad SMARTS) is 1. The summed E-state index contributed by atoms with van der Waals surface area (Å²) in [7, 11) is 0. The van der Waals surface area contributed by atoms with E-state index < -0.39 is 11.6 Å². The average molecular weight is 295 g/mol. The molecule has 2 rings (SSSR count). The molecule has 1 amide bonds. The van der Waals surface area contributed by atoms with Crippen LogP contribution in [0.1, 0.15) is 48.6 Å². The summed E-state index contributed by atoms with van der Waals surface area (Å²) in [6.45, 7) is 9.84. The molecule has 1 aliphatic rings. The zero-order valence-electron chi connectivity index (χ0n) is 13.0. The Labute approximate surface area is 123 Å². The van der Waals surface area contributed by atoms with Crippen LogP contribution < -0.4 is 0 Å². The molecule has 21 heavy (non-hydrogen) atoms. The van der Waals surface area contributed by atoms with Gasteiger partial charge < -0.3 is 14.7 Å². The monoisotopic (exact) mass is 295 g/mol. The van der Waals surface area contributed by atoms with Crippen molar-refractivity contribution in [1.29, 1.82) is 0 Å². The van der Waals surface area contributed by atoms with Crippen LogP contribution >= 0.6 is 0 Å². The Morgan fingerprint density at radius 3 is 2.29 bits per heavy atom. The number of likely N-dealkylation sites (tertiary alicyclic amines) is 1. The predicted molar refractivity (Wildman–Crippen MR) is 75.5 cm³/mol. The molecule has 0 saturated carbocycles. The topological polar surface area (TPSA) is 84.7 Å². The molecule has 116 valence electrons. The first-order valence-corrected chi connectivity index (χ1v) is 6.87. The Hall–Kier alpha value is -2.05. The van der Waals surface area contributed by atoms with Gasteiger partial charge in [-0.25, -0.2) is 9.59 Å². The van der Waals surface area contributed by atoms with E-state index in [4.69, 9.17) is 9.84 Å². The lowest BCUT2D eigenvalue weighted by molar-refractivity contribution is -0.000737. The molecule has 1 N–H and O–H groups in total. The predicted octanol–water partition coefficient (Wildman–Crippen LogP) is 1.99. The van der Waals surface area contributed by atoms with Gasteiger partial charge in [-0.3, -0.25) is 4.68 Å². The standard InChI is InChI=1S/C14H21N3O4/c1-8-11(12(18)19)9(2)17(15-8)10-6-16(7-10)13(20)21-14(3,4)5/h10H,6-7H2,1-5H3,(H,18,19). The number of aromatic nitrogens is 2. The summed E-state index contributed by atoms with van der Waals surface area (Å²) in [6, 6.07) is 0.00400. The number of aromatic carboxylic acids is 1. The highest BCUT2D eigenvalue weighted by molar-refractivity contribution is 5.90. The number of aryl methyl sites for hydroxylation is 1. The summed E-state index contributed by atoms with van der Waals surface area (Å²) in [5.41, 5.74) is 0.840. The minimum Gasteiger partial charge on any atom is -0.478 e. The molecule has 0 unspecified atom stereocenters. The summed E-state index contributed by atoms with van der Waals surface area (Å²) in [5.74, 6) is -0.973. The van der Waals surface area contributed by atoms with E-state index in [0.29, 0.717) is 24.5 Å². The lowest BCUT2D eigenvalue weighted by Gasteiger charge is -2.40. The van der Waals surface area contributed by atoms with E-state index in [9.17, 15) is 9.59 Å². The normalized spacial score (nSPS) is 15.8. The summed E-state index contributed by atoms with van der Waals surface area (Å²) in [4.78, 5) is 24.6. The van der Waals surface area contributed by atoms with Gasteiger partial charge in [0.2, 0.25) is 0 Å². The molecule has 7 nitrogen and oxygen atoms in total. The number of carbonyl (C=O) groups is 2. The molecule has 2 heterocycles. The Balaban J connectivity index is 2.04. The first-order chi connectivity index (χ1) is 9.60. The minimum absolute atomic E-state index is 0.00400. The molecule has 0 radical (unpaired) electrons. The molecule has 0 bridgehead atoms. The van der Waals surface area contributed by atoms with Crippen molar-refractivity contribution in [3.8, 4) is 0 Å². The second-order valence-corrected chi connectivity index (χ2v) is 6.33. The van der Waals surface area contributed by atoms with E-state index in [2.05, 4.69) is 5.10 Å². The van der Waals surface area contributed by atoms with Crippen molar-refractivity contribution in [1.82, 2.24) is 14.7 Å². The number of rotatable bonds is 2. The van der Waals surface area contributed by atoms with Gasteiger partial charge in [0.15, 0.2) is 0 Å². The highest BCUT2D eigenvalue weighted by Crippen LogP contribution is 2.26. The molecule has 1 aliphatic heterocycles. The van der Waals surface area contributed by atoms with Crippen LogP contribution in [0.25, 0.3) is 0 Å². The van der Waals surface area contributed by atoms with Crippen LogP contribution in [0.15, 0.2) is 0 Å². The maximum Gasteiger partial charge on any atom is 0.410 e. The van der Waals surface area contributed by atoms with Gasteiger partial charge in [0.1, 0.15) is 11.2 Å². The number of hydrogen-bond donors (Lipinski definition) is 1. The van der Waals surface area contributed by atoms with E-state index in [0.717, 1.165) is 0 Å². The summed E-state index contributed by atoms with van der Waals surface area (Å²) in [6.07, 6.45) is -0.348. The molecule has 1 saturated heterocycles. The molecular formula is C14H21N3O4. The third-order valence-corrected chi connectivity index (χ3v) is 3.40. The molecule has 0 spiro atoms. The Bertz CT molecular complexity index is 580. The van der Waals surface area contributed by atoms with E-state index in [1.807, 2.05) is 20.8 Å². The van der Waals surface area contributed by atoms with Crippen LogP contribution in [0.4, 0.5) is 4.79 Å². The van der Waals surface area contributed by atoms with Crippen LogP contribution in [-0.2, 0) is 4.74 Å². The molecule has 0 aliphatic carbocycles. The number of ether oxygens (including phenoxy) is 1. The molecule has 1 aromatic rings. The number of hydrogen-bond acceptors (Lipinski definition) is 4. The maximum absolute atomic E-state index is 11.9. The van der Waals surface area contributed by atoms with Crippen LogP contribution in [-0.4, -0.2) is 50.5 Å². The van der Waals surface area contributed by atoms with Gasteiger partial charge in [0.05, 0.1) is 17.4 Å². The van der Waals surface area contributed by atoms with Crippen molar-refractivity contribution in [3.05, 3.63) is 17.0 Å². The first-order valence-electron chi connectivity index (χ1n) is 6.87. The third-order valence-electron chi connectivity index (χ3n) is 3.40. The fraction of sp³-hybridized carbons (Fsp3) is 0.643. The summed E-state index contributed by atoms with van der Waals surface area (Å²) < 4.78 is 6.98. The smallest absolute Gasteiger partial charge is 0.410 e. The van der Waals surface area contributed by atoms with Crippen molar-refractivity contribution in [2.45, 2.75) is 46.3 Å². The molecule has 0 atom stereocenters. The van der Waals surface area contributed by atoms with Crippen LogP contribution in [0.3, 0.4) is 0 Å². The Morgan fingerprint density at radius 1 is 1.29 bits per heavy atom. The molecular weight excluding hydrogens is 274 g/mol. The Morgan fingerprint density at radius 2 is 1.86 bits per heavy atom. The number of nitrogens with zero attached hydrogens (tertiary/aromatic N) is 3. The van der Waals surface area contributed by atoms with Gasteiger partial charge >= 0.3 is 12.1 Å². The second kappa shape index (κ2) is 5.05. The lowest BCUT2D eigenvalue weighted by Crippen LogP contribution is -2.52. The van der Waals surface area contributed by atoms with Crippen molar-refractivity contribution in [3.63, 3.8) is 0 Å². The van der Waals surface area contributed by atoms with Crippen molar-refractivity contribution < 1.29 is 19.4 Å². The molecule has 1 aromatic heterocycles.